The van der Waals surface area contributed by atoms with E-state index in [0.717, 1.165) is 12.0 Å². The van der Waals surface area contributed by atoms with Crippen LogP contribution in [0.25, 0.3) is 6.08 Å². The van der Waals surface area contributed by atoms with Crippen LogP contribution in [-0.4, -0.2) is 10.2 Å². The zero-order chi connectivity index (χ0) is 9.14. The molecule has 0 radical (unpaired) electrons. The molecule has 0 atom stereocenters. The van der Waals surface area contributed by atoms with E-state index in [0.29, 0.717) is 5.56 Å². The molecule has 1 aromatic rings. The van der Waals surface area contributed by atoms with E-state index in [9.17, 15) is 10.2 Å². The molecule has 12 heavy (non-hydrogen) atoms. The monoisotopic (exact) mass is 164 g/mol. The van der Waals surface area contributed by atoms with Crippen LogP contribution in [0.3, 0.4) is 0 Å². The fourth-order valence-corrected chi connectivity index (χ4v) is 1.09. The van der Waals surface area contributed by atoms with E-state index in [1.807, 2.05) is 6.92 Å². The molecule has 2 N–H and O–H groups in total. The molecule has 0 aromatic heterocycles. The van der Waals surface area contributed by atoms with Crippen LogP contribution in [0.5, 0.6) is 11.5 Å². The fourth-order valence-electron chi connectivity index (χ4n) is 1.09. The van der Waals surface area contributed by atoms with Crippen molar-refractivity contribution in [1.82, 2.24) is 0 Å². The summed E-state index contributed by atoms with van der Waals surface area (Å²) in [6, 6.07) is 3.08. The van der Waals surface area contributed by atoms with Crippen LogP contribution < -0.4 is 0 Å². The van der Waals surface area contributed by atoms with Crippen LogP contribution in [-0.2, 0) is 6.42 Å². The Morgan fingerprint density at radius 3 is 2.50 bits per heavy atom. The lowest BCUT2D eigenvalue weighted by molar-refractivity contribution is 0.445. The number of hydrogen-bond donors (Lipinski definition) is 2. The van der Waals surface area contributed by atoms with Crippen molar-refractivity contribution < 1.29 is 10.2 Å². The zero-order valence-electron chi connectivity index (χ0n) is 7.04. The molecular weight excluding hydrogens is 152 g/mol. The highest BCUT2D eigenvalue weighted by Gasteiger charge is 2.03. The minimum Gasteiger partial charge on any atom is -0.508 e. The van der Waals surface area contributed by atoms with Gasteiger partial charge in [-0.15, -0.1) is 0 Å². The quantitative estimate of drug-likeness (QED) is 0.704. The molecule has 0 saturated carbocycles. The Hall–Kier alpha value is -1.44. The lowest BCUT2D eigenvalue weighted by atomic mass is 10.1. The summed E-state index contributed by atoms with van der Waals surface area (Å²) in [4.78, 5) is 0. The van der Waals surface area contributed by atoms with Crippen LogP contribution in [0.1, 0.15) is 18.1 Å². The Bertz CT molecular complexity index is 303. The average Bonchev–Trinajstić information content (AvgIpc) is 2.05. The molecule has 0 aliphatic heterocycles. The minimum absolute atomic E-state index is 0.0692. The van der Waals surface area contributed by atoms with Gasteiger partial charge < -0.3 is 10.2 Å². The first kappa shape index (κ1) is 8.65. The molecule has 0 saturated heterocycles. The van der Waals surface area contributed by atoms with Crippen LogP contribution in [0.15, 0.2) is 18.7 Å². The number of rotatable bonds is 2. The fraction of sp³-hybridized carbons (Fsp3) is 0.200. The second-order valence-electron chi connectivity index (χ2n) is 2.60. The Morgan fingerprint density at radius 1 is 1.33 bits per heavy atom. The normalized spacial score (nSPS) is 9.75. The van der Waals surface area contributed by atoms with Crippen molar-refractivity contribution in [3.63, 3.8) is 0 Å². The van der Waals surface area contributed by atoms with E-state index in [4.69, 9.17) is 0 Å². The molecule has 0 heterocycles. The third-order valence-electron chi connectivity index (χ3n) is 1.83. The van der Waals surface area contributed by atoms with Crippen molar-refractivity contribution in [2.24, 2.45) is 0 Å². The van der Waals surface area contributed by atoms with E-state index in [2.05, 4.69) is 6.58 Å². The molecule has 0 unspecified atom stereocenters. The van der Waals surface area contributed by atoms with Crippen LogP contribution in [0, 0.1) is 0 Å². The zero-order valence-corrected chi connectivity index (χ0v) is 7.04. The summed E-state index contributed by atoms with van der Waals surface area (Å²) in [6.45, 7) is 5.50. The molecule has 64 valence electrons. The average molecular weight is 164 g/mol. The number of benzene rings is 1. The third-order valence-corrected chi connectivity index (χ3v) is 1.83. The molecule has 0 spiro atoms. The Labute approximate surface area is 71.8 Å². The Kier molecular flexibility index (Phi) is 2.38. The van der Waals surface area contributed by atoms with Gasteiger partial charge in [0, 0.05) is 11.6 Å². The lowest BCUT2D eigenvalue weighted by Crippen LogP contribution is -1.83. The maximum absolute atomic E-state index is 9.32. The largest absolute Gasteiger partial charge is 0.508 e. The van der Waals surface area contributed by atoms with Gasteiger partial charge in [0.25, 0.3) is 0 Å². The molecule has 1 rings (SSSR count). The molecule has 0 aliphatic rings. The van der Waals surface area contributed by atoms with Crippen molar-refractivity contribution >= 4 is 6.08 Å². The smallest absolute Gasteiger partial charge is 0.126 e. The Morgan fingerprint density at radius 2 is 2.00 bits per heavy atom. The highest BCUT2D eigenvalue weighted by molar-refractivity contribution is 5.59. The van der Waals surface area contributed by atoms with Crippen molar-refractivity contribution in [1.29, 1.82) is 0 Å². The number of aromatic hydroxyl groups is 2. The first-order chi connectivity index (χ1) is 5.69. The highest BCUT2D eigenvalue weighted by atomic mass is 16.3. The van der Waals surface area contributed by atoms with Crippen LogP contribution in [0.4, 0.5) is 0 Å². The van der Waals surface area contributed by atoms with Gasteiger partial charge in [0.1, 0.15) is 11.5 Å². The third kappa shape index (κ3) is 1.42. The summed E-state index contributed by atoms with van der Waals surface area (Å²) in [5, 5.41) is 18.6. The molecule has 0 amide bonds. The van der Waals surface area contributed by atoms with Crippen molar-refractivity contribution in [3.05, 3.63) is 29.8 Å². The van der Waals surface area contributed by atoms with Crippen LogP contribution >= 0.6 is 0 Å². The minimum atomic E-state index is 0.0692. The van der Waals surface area contributed by atoms with Gasteiger partial charge in [-0.25, -0.2) is 0 Å². The molecule has 0 aliphatic carbocycles. The molecule has 0 bridgehead atoms. The van der Waals surface area contributed by atoms with Crippen molar-refractivity contribution in [2.45, 2.75) is 13.3 Å². The topological polar surface area (TPSA) is 40.5 Å². The predicted molar refractivity (Wildman–Crippen MR) is 49.2 cm³/mol. The van der Waals surface area contributed by atoms with Gasteiger partial charge in [-0.1, -0.05) is 19.6 Å². The summed E-state index contributed by atoms with van der Waals surface area (Å²) < 4.78 is 0. The number of hydrogen-bond acceptors (Lipinski definition) is 2. The number of phenols is 2. The predicted octanol–water partition coefficient (Wildman–Crippen LogP) is 2.30. The van der Waals surface area contributed by atoms with Gasteiger partial charge in [-0.3, -0.25) is 0 Å². The van der Waals surface area contributed by atoms with Gasteiger partial charge in [-0.2, -0.15) is 0 Å². The standard InChI is InChI=1S/C10H12O2/c1-3-7-5-8(4-2)10(12)6-9(7)11/h3,5-6,11-12H,1,4H2,2H3. The molecule has 2 nitrogen and oxygen atoms in total. The van der Waals surface area contributed by atoms with Crippen molar-refractivity contribution in [2.75, 3.05) is 0 Å². The summed E-state index contributed by atoms with van der Waals surface area (Å²) in [6.07, 6.45) is 2.31. The van der Waals surface area contributed by atoms with Crippen molar-refractivity contribution in [3.8, 4) is 11.5 Å². The van der Waals surface area contributed by atoms with Gasteiger partial charge in [0.05, 0.1) is 0 Å². The van der Waals surface area contributed by atoms with E-state index in [1.54, 1.807) is 12.1 Å². The first-order valence-corrected chi connectivity index (χ1v) is 3.86. The number of aryl methyl sites for hydroxylation is 1. The summed E-state index contributed by atoms with van der Waals surface area (Å²) >= 11 is 0. The second kappa shape index (κ2) is 3.30. The summed E-state index contributed by atoms with van der Waals surface area (Å²) in [5.41, 5.74) is 1.48. The summed E-state index contributed by atoms with van der Waals surface area (Å²) in [7, 11) is 0. The highest BCUT2D eigenvalue weighted by Crippen LogP contribution is 2.28. The van der Waals surface area contributed by atoms with Gasteiger partial charge in [-0.05, 0) is 18.1 Å². The maximum atomic E-state index is 9.32. The van der Waals surface area contributed by atoms with E-state index in [1.165, 1.54) is 6.07 Å². The molecule has 1 aromatic carbocycles. The summed E-state index contributed by atoms with van der Waals surface area (Å²) in [5.74, 6) is 0.209. The SMILES string of the molecule is C=Cc1cc(CC)c(O)cc1O. The van der Waals surface area contributed by atoms with E-state index in [-0.39, 0.29) is 11.5 Å². The first-order valence-electron chi connectivity index (χ1n) is 3.86. The molecular formula is C10H12O2. The lowest BCUT2D eigenvalue weighted by Gasteiger charge is -2.04. The van der Waals surface area contributed by atoms with E-state index < -0.39 is 0 Å². The van der Waals surface area contributed by atoms with Gasteiger partial charge in [0.2, 0.25) is 0 Å². The van der Waals surface area contributed by atoms with E-state index >= 15 is 0 Å². The number of phenolic OH excluding ortho intramolecular Hbond substituents is 2. The Balaban J connectivity index is 3.26. The maximum Gasteiger partial charge on any atom is 0.126 e. The second-order valence-corrected chi connectivity index (χ2v) is 2.60. The molecule has 2 heteroatoms. The van der Waals surface area contributed by atoms with Crippen LogP contribution in [0.2, 0.25) is 0 Å². The molecule has 0 fully saturated rings. The van der Waals surface area contributed by atoms with Gasteiger partial charge >= 0.3 is 0 Å². The van der Waals surface area contributed by atoms with Gasteiger partial charge in [0.15, 0.2) is 0 Å².